The van der Waals surface area contributed by atoms with E-state index in [1.165, 1.54) is 0 Å². The van der Waals surface area contributed by atoms with Gasteiger partial charge < -0.3 is 10.1 Å². The van der Waals surface area contributed by atoms with E-state index in [9.17, 15) is 9.90 Å². The highest BCUT2D eigenvalue weighted by atomic mass is 16.3. The summed E-state index contributed by atoms with van der Waals surface area (Å²) in [6.07, 6.45) is 1.60. The van der Waals surface area contributed by atoms with Gasteiger partial charge in [-0.25, -0.2) is 0 Å². The maximum Gasteiger partial charge on any atom is 0.255 e. The third-order valence-electron chi connectivity index (χ3n) is 1.96. The number of hydrogen-bond donors (Lipinski definition) is 2. The summed E-state index contributed by atoms with van der Waals surface area (Å²) in [5.74, 6) is -0.0306. The third-order valence-corrected chi connectivity index (χ3v) is 1.96. The molecule has 0 amide bonds. The molecule has 0 saturated carbocycles. The first-order valence-electron chi connectivity index (χ1n) is 4.39. The molecule has 2 N–H and O–H groups in total. The van der Waals surface area contributed by atoms with E-state index in [1.807, 2.05) is 13.0 Å². The fourth-order valence-electron chi connectivity index (χ4n) is 1.29. The van der Waals surface area contributed by atoms with E-state index in [-0.39, 0.29) is 11.7 Å². The Morgan fingerprint density at radius 3 is 2.93 bits per heavy atom. The number of aromatic amines is 1. The van der Waals surface area contributed by atoms with E-state index in [4.69, 9.17) is 0 Å². The second kappa shape index (κ2) is 3.53. The molecule has 2 heterocycles. The molecule has 5 nitrogen and oxygen atoms in total. The summed E-state index contributed by atoms with van der Waals surface area (Å²) in [5.41, 5.74) is 1.04. The average Bonchev–Trinajstić information content (AvgIpc) is 2.16. The van der Waals surface area contributed by atoms with E-state index in [1.54, 1.807) is 12.3 Å². The molecule has 0 aromatic carbocycles. The van der Waals surface area contributed by atoms with Gasteiger partial charge >= 0.3 is 0 Å². The van der Waals surface area contributed by atoms with Gasteiger partial charge in [-0.05, 0) is 18.6 Å². The Bertz CT molecular complexity index is 548. The predicted molar refractivity (Wildman–Crippen MR) is 54.5 cm³/mol. The first-order valence-corrected chi connectivity index (χ1v) is 4.39. The smallest absolute Gasteiger partial charge is 0.255 e. The van der Waals surface area contributed by atoms with Crippen molar-refractivity contribution in [2.75, 3.05) is 0 Å². The topological polar surface area (TPSA) is 78.9 Å². The Hall–Kier alpha value is -2.17. The van der Waals surface area contributed by atoms with Crippen LogP contribution in [0.5, 0.6) is 5.88 Å². The summed E-state index contributed by atoms with van der Waals surface area (Å²) < 4.78 is 0. The highest BCUT2D eigenvalue weighted by Crippen LogP contribution is 2.15. The Morgan fingerprint density at radius 1 is 1.47 bits per heavy atom. The zero-order valence-corrected chi connectivity index (χ0v) is 8.06. The molecule has 0 fully saturated rings. The van der Waals surface area contributed by atoms with Crippen molar-refractivity contribution >= 4 is 0 Å². The van der Waals surface area contributed by atoms with Gasteiger partial charge in [-0.15, -0.1) is 0 Å². The zero-order valence-electron chi connectivity index (χ0n) is 8.06. The van der Waals surface area contributed by atoms with Gasteiger partial charge in [0.05, 0.1) is 6.07 Å². The molecule has 2 aromatic heterocycles. The van der Waals surface area contributed by atoms with Crippen LogP contribution < -0.4 is 5.56 Å². The molecule has 0 bridgehead atoms. The van der Waals surface area contributed by atoms with Crippen LogP contribution in [0.4, 0.5) is 0 Å². The first-order chi connectivity index (χ1) is 7.16. The maximum atomic E-state index is 11.1. The number of aryl methyl sites for hydroxylation is 1. The molecule has 0 unspecified atom stereocenters. The molecule has 2 rings (SSSR count). The maximum absolute atomic E-state index is 11.1. The summed E-state index contributed by atoms with van der Waals surface area (Å²) in [6, 6.07) is 4.66. The molecule has 76 valence electrons. The number of aromatic nitrogens is 3. The van der Waals surface area contributed by atoms with E-state index in [0.717, 1.165) is 11.6 Å². The summed E-state index contributed by atoms with van der Waals surface area (Å²) in [6.45, 7) is 1.85. The molecular weight excluding hydrogens is 194 g/mol. The van der Waals surface area contributed by atoms with Gasteiger partial charge in [-0.3, -0.25) is 9.78 Å². The van der Waals surface area contributed by atoms with E-state index in [0.29, 0.717) is 5.69 Å². The largest absolute Gasteiger partial charge is 0.493 e. The van der Waals surface area contributed by atoms with Crippen molar-refractivity contribution in [1.82, 2.24) is 15.0 Å². The van der Waals surface area contributed by atoms with Crippen LogP contribution in [0.2, 0.25) is 0 Å². The van der Waals surface area contributed by atoms with E-state index >= 15 is 0 Å². The molecule has 0 aliphatic heterocycles. The van der Waals surface area contributed by atoms with Crippen molar-refractivity contribution in [3.8, 4) is 17.4 Å². The van der Waals surface area contributed by atoms with Gasteiger partial charge in [0.2, 0.25) is 5.88 Å². The van der Waals surface area contributed by atoms with Crippen LogP contribution in [0.25, 0.3) is 11.5 Å². The van der Waals surface area contributed by atoms with Crippen LogP contribution >= 0.6 is 0 Å². The van der Waals surface area contributed by atoms with E-state index in [2.05, 4.69) is 15.0 Å². The quantitative estimate of drug-likeness (QED) is 0.720. The van der Waals surface area contributed by atoms with Gasteiger partial charge in [0.1, 0.15) is 5.69 Å². The SMILES string of the molecule is Cc1cccnc1-c1nc(O)cc(=O)[nH]1. The molecule has 0 saturated heterocycles. The monoisotopic (exact) mass is 203 g/mol. The normalized spacial score (nSPS) is 10.2. The van der Waals surface area contributed by atoms with Crippen LogP contribution in [-0.4, -0.2) is 20.1 Å². The van der Waals surface area contributed by atoms with Crippen molar-refractivity contribution in [2.24, 2.45) is 0 Å². The van der Waals surface area contributed by atoms with Crippen LogP contribution in [0.3, 0.4) is 0 Å². The number of pyridine rings is 1. The lowest BCUT2D eigenvalue weighted by Crippen LogP contribution is -2.07. The van der Waals surface area contributed by atoms with Gasteiger partial charge in [0.15, 0.2) is 5.82 Å². The fraction of sp³-hybridized carbons (Fsp3) is 0.100. The number of rotatable bonds is 1. The number of hydrogen-bond acceptors (Lipinski definition) is 4. The molecule has 0 aliphatic carbocycles. The van der Waals surface area contributed by atoms with Gasteiger partial charge in [0, 0.05) is 6.20 Å². The van der Waals surface area contributed by atoms with Gasteiger partial charge in [-0.1, -0.05) is 6.07 Å². The highest BCUT2D eigenvalue weighted by Gasteiger charge is 2.06. The van der Waals surface area contributed by atoms with Crippen molar-refractivity contribution in [3.05, 3.63) is 40.3 Å². The summed E-state index contributed by atoms with van der Waals surface area (Å²) >= 11 is 0. The second-order valence-corrected chi connectivity index (χ2v) is 3.12. The van der Waals surface area contributed by atoms with Crippen LogP contribution in [0.1, 0.15) is 5.56 Å². The molecule has 15 heavy (non-hydrogen) atoms. The fourth-order valence-corrected chi connectivity index (χ4v) is 1.29. The summed E-state index contributed by atoms with van der Waals surface area (Å²) in [7, 11) is 0. The zero-order chi connectivity index (χ0) is 10.8. The molecule has 5 heteroatoms. The average molecular weight is 203 g/mol. The molecule has 0 atom stereocenters. The van der Waals surface area contributed by atoms with Crippen LogP contribution in [0.15, 0.2) is 29.2 Å². The van der Waals surface area contributed by atoms with Crippen molar-refractivity contribution < 1.29 is 5.11 Å². The summed E-state index contributed by atoms with van der Waals surface area (Å²) in [4.78, 5) is 21.5. The predicted octanol–water partition coefficient (Wildman–Crippen LogP) is 0.846. The molecule has 0 spiro atoms. The lowest BCUT2D eigenvalue weighted by atomic mass is 10.2. The number of aromatic hydroxyl groups is 1. The minimum atomic E-state index is -0.400. The minimum Gasteiger partial charge on any atom is -0.493 e. The van der Waals surface area contributed by atoms with Crippen molar-refractivity contribution in [1.29, 1.82) is 0 Å². The molecule has 0 aliphatic rings. The standard InChI is InChI=1S/C10H9N3O2/c1-6-3-2-4-11-9(6)10-12-7(14)5-8(15)13-10/h2-5H,1H3,(H2,12,13,14,15). The number of H-pyrrole nitrogens is 1. The highest BCUT2D eigenvalue weighted by molar-refractivity contribution is 5.54. The summed E-state index contributed by atoms with van der Waals surface area (Å²) in [5, 5.41) is 9.19. The molecule has 2 aromatic rings. The first kappa shape index (κ1) is 9.39. The Labute approximate surface area is 85.5 Å². The Balaban J connectivity index is 2.64. The third kappa shape index (κ3) is 1.85. The minimum absolute atomic E-state index is 0.276. The molecule has 0 radical (unpaired) electrons. The second-order valence-electron chi connectivity index (χ2n) is 3.12. The lowest BCUT2D eigenvalue weighted by molar-refractivity contribution is 0.452. The van der Waals surface area contributed by atoms with Gasteiger partial charge in [0.25, 0.3) is 5.56 Å². The van der Waals surface area contributed by atoms with Crippen molar-refractivity contribution in [3.63, 3.8) is 0 Å². The number of nitrogens with one attached hydrogen (secondary N) is 1. The number of nitrogens with zero attached hydrogens (tertiary/aromatic N) is 2. The van der Waals surface area contributed by atoms with Crippen molar-refractivity contribution in [2.45, 2.75) is 6.92 Å². The van der Waals surface area contributed by atoms with Crippen LogP contribution in [-0.2, 0) is 0 Å². The van der Waals surface area contributed by atoms with Gasteiger partial charge in [-0.2, -0.15) is 4.98 Å². The lowest BCUT2D eigenvalue weighted by Gasteiger charge is -2.02. The Kier molecular flexibility index (Phi) is 2.21. The van der Waals surface area contributed by atoms with Crippen LogP contribution in [0, 0.1) is 6.92 Å². The van der Waals surface area contributed by atoms with E-state index < -0.39 is 5.56 Å². The molecular formula is C10H9N3O2. The Morgan fingerprint density at radius 2 is 2.27 bits per heavy atom.